The third-order valence-corrected chi connectivity index (χ3v) is 6.97. The first-order chi connectivity index (χ1) is 14.6. The van der Waals surface area contributed by atoms with Gasteiger partial charge in [-0.2, -0.15) is 13.2 Å². The quantitative estimate of drug-likeness (QED) is 0.631. The van der Waals surface area contributed by atoms with Crippen molar-refractivity contribution in [3.8, 4) is 0 Å². The van der Waals surface area contributed by atoms with Crippen molar-refractivity contribution in [2.75, 3.05) is 12.1 Å². The van der Waals surface area contributed by atoms with Crippen molar-refractivity contribution in [1.29, 1.82) is 0 Å². The molecule has 4 rings (SSSR count). The van der Waals surface area contributed by atoms with Gasteiger partial charge in [0.2, 0.25) is 5.91 Å². The Kier molecular flexibility index (Phi) is 5.66. The van der Waals surface area contributed by atoms with Crippen molar-refractivity contribution in [1.82, 2.24) is 15.1 Å². The number of halogens is 4. The molecule has 0 radical (unpaired) electrons. The van der Waals surface area contributed by atoms with E-state index in [4.69, 9.17) is 11.6 Å². The predicted octanol–water partition coefficient (Wildman–Crippen LogP) is 4.00. The fourth-order valence-corrected chi connectivity index (χ4v) is 5.18. The highest BCUT2D eigenvalue weighted by Gasteiger charge is 2.58. The molecule has 3 aliphatic rings. The number of fused-ring (bicyclic) bond motifs is 1. The molecule has 1 N–H and O–H groups in total. The number of hydrogen-bond acceptors (Lipinski definition) is 4. The average molecular weight is 476 g/mol. The van der Waals surface area contributed by atoms with Crippen molar-refractivity contribution < 1.29 is 27.6 Å². The molecule has 2 aliphatic heterocycles. The Labute approximate surface area is 186 Å². The second kappa shape index (κ2) is 7.88. The standard InChI is InChI=1S/C20H21ClF3N3O3S/c1-31-10-27-17(29)19(13-2-3-13,25-18(27)30)5-4-16(28)26-8-11-6-14(20(22,23)24)15(21)7-12(11)9-26/h6-7,13H,2-5,8-10H2,1H3,(H,25,30)/t19-/m0/s1. The Morgan fingerprint density at radius 1 is 1.26 bits per heavy atom. The number of nitrogens with one attached hydrogen (secondary N) is 1. The summed E-state index contributed by atoms with van der Waals surface area (Å²) in [6.45, 7) is 0.227. The van der Waals surface area contributed by atoms with Crippen LogP contribution in [0, 0.1) is 5.92 Å². The van der Waals surface area contributed by atoms with E-state index in [-0.39, 0.29) is 54.6 Å². The number of benzene rings is 1. The number of rotatable bonds is 6. The van der Waals surface area contributed by atoms with Crippen LogP contribution in [0.5, 0.6) is 0 Å². The Bertz CT molecular complexity index is 954. The maximum Gasteiger partial charge on any atom is 0.417 e. The highest BCUT2D eigenvalue weighted by molar-refractivity contribution is 7.98. The molecule has 0 unspecified atom stereocenters. The smallest absolute Gasteiger partial charge is 0.334 e. The topological polar surface area (TPSA) is 69.7 Å². The molecular formula is C20H21ClF3N3O3S. The number of hydrogen-bond donors (Lipinski definition) is 1. The summed E-state index contributed by atoms with van der Waals surface area (Å²) in [6.07, 6.45) is -0.966. The zero-order chi connectivity index (χ0) is 22.6. The van der Waals surface area contributed by atoms with Gasteiger partial charge in [-0.3, -0.25) is 14.5 Å². The van der Waals surface area contributed by atoms with Crippen LogP contribution in [0.15, 0.2) is 12.1 Å². The summed E-state index contributed by atoms with van der Waals surface area (Å²) < 4.78 is 39.3. The van der Waals surface area contributed by atoms with Gasteiger partial charge in [0.15, 0.2) is 0 Å². The molecule has 2 fully saturated rings. The molecule has 0 spiro atoms. The molecule has 1 saturated heterocycles. The van der Waals surface area contributed by atoms with E-state index in [1.807, 2.05) is 0 Å². The zero-order valence-corrected chi connectivity index (χ0v) is 18.3. The molecular weight excluding hydrogens is 455 g/mol. The van der Waals surface area contributed by atoms with Crippen LogP contribution >= 0.6 is 23.4 Å². The fraction of sp³-hybridized carbons (Fsp3) is 0.550. The number of urea groups is 1. The maximum atomic E-state index is 13.1. The highest BCUT2D eigenvalue weighted by atomic mass is 35.5. The molecule has 1 aromatic rings. The number of thioether (sulfide) groups is 1. The first-order valence-electron chi connectivity index (χ1n) is 9.86. The lowest BCUT2D eigenvalue weighted by molar-refractivity contribution is -0.137. The molecule has 1 aromatic carbocycles. The molecule has 31 heavy (non-hydrogen) atoms. The number of amides is 4. The summed E-state index contributed by atoms with van der Waals surface area (Å²) >= 11 is 7.15. The van der Waals surface area contributed by atoms with Crippen molar-refractivity contribution in [3.63, 3.8) is 0 Å². The first-order valence-corrected chi connectivity index (χ1v) is 11.6. The van der Waals surface area contributed by atoms with Crippen LogP contribution in [0.2, 0.25) is 5.02 Å². The zero-order valence-electron chi connectivity index (χ0n) is 16.7. The van der Waals surface area contributed by atoms with E-state index in [0.29, 0.717) is 11.1 Å². The first kappa shape index (κ1) is 22.3. The molecule has 168 valence electrons. The van der Waals surface area contributed by atoms with Gasteiger partial charge in [0.05, 0.1) is 16.5 Å². The minimum absolute atomic E-state index is 0.00697. The SMILES string of the molecule is CSCN1C(=O)N[C@@](CCC(=O)N2Cc3cc(Cl)c(C(F)(F)F)cc3C2)(C2CC2)C1=O. The minimum atomic E-state index is -4.57. The maximum absolute atomic E-state index is 13.1. The van der Waals surface area contributed by atoms with Crippen LogP contribution in [0.4, 0.5) is 18.0 Å². The summed E-state index contributed by atoms with van der Waals surface area (Å²) in [5, 5.41) is 2.43. The Balaban J connectivity index is 1.45. The van der Waals surface area contributed by atoms with Crippen molar-refractivity contribution in [2.24, 2.45) is 5.92 Å². The Morgan fingerprint density at radius 2 is 1.90 bits per heavy atom. The van der Waals surface area contributed by atoms with E-state index in [0.717, 1.165) is 18.9 Å². The number of alkyl halides is 3. The lowest BCUT2D eigenvalue weighted by Gasteiger charge is -2.27. The summed E-state index contributed by atoms with van der Waals surface area (Å²) in [5.74, 6) is -0.316. The van der Waals surface area contributed by atoms with E-state index in [1.165, 1.54) is 27.6 Å². The number of nitrogens with zero attached hydrogens (tertiary/aromatic N) is 2. The van der Waals surface area contributed by atoms with Crippen molar-refractivity contribution >= 4 is 41.2 Å². The van der Waals surface area contributed by atoms with E-state index in [9.17, 15) is 27.6 Å². The molecule has 0 aromatic heterocycles. The van der Waals surface area contributed by atoms with Gasteiger partial charge in [-0.05, 0) is 54.7 Å². The molecule has 1 saturated carbocycles. The third-order valence-electron chi connectivity index (χ3n) is 6.14. The van der Waals surface area contributed by atoms with Crippen LogP contribution < -0.4 is 5.32 Å². The number of carbonyl (C=O) groups is 3. The summed E-state index contributed by atoms with van der Waals surface area (Å²) in [6, 6.07) is 1.82. The fourth-order valence-electron chi connectivity index (χ4n) is 4.39. The van der Waals surface area contributed by atoms with Gasteiger partial charge in [-0.1, -0.05) is 11.6 Å². The largest absolute Gasteiger partial charge is 0.417 e. The van der Waals surface area contributed by atoms with Gasteiger partial charge >= 0.3 is 12.2 Å². The highest BCUT2D eigenvalue weighted by Crippen LogP contribution is 2.46. The normalized spacial score (nSPS) is 23.4. The lowest BCUT2D eigenvalue weighted by Crippen LogP contribution is -2.50. The number of imide groups is 1. The Morgan fingerprint density at radius 3 is 2.48 bits per heavy atom. The van der Waals surface area contributed by atoms with E-state index in [2.05, 4.69) is 5.32 Å². The molecule has 4 amide bonds. The minimum Gasteiger partial charge on any atom is -0.334 e. The van der Waals surface area contributed by atoms with Crippen LogP contribution in [-0.4, -0.2) is 45.3 Å². The van der Waals surface area contributed by atoms with E-state index < -0.39 is 23.3 Å². The molecule has 0 bridgehead atoms. The van der Waals surface area contributed by atoms with Crippen molar-refractivity contribution in [3.05, 3.63) is 33.8 Å². The van der Waals surface area contributed by atoms with Gasteiger partial charge in [-0.25, -0.2) is 4.79 Å². The Hall–Kier alpha value is -1.94. The van der Waals surface area contributed by atoms with Crippen LogP contribution in [0.1, 0.15) is 42.4 Å². The van der Waals surface area contributed by atoms with Gasteiger partial charge in [0, 0.05) is 19.5 Å². The average Bonchev–Trinajstić information content (AvgIpc) is 3.42. The van der Waals surface area contributed by atoms with Crippen LogP contribution in [0.3, 0.4) is 0 Å². The summed E-state index contributed by atoms with van der Waals surface area (Å²) in [5.41, 5.74) is -0.983. The summed E-state index contributed by atoms with van der Waals surface area (Å²) in [4.78, 5) is 40.8. The second-order valence-electron chi connectivity index (χ2n) is 8.18. The van der Waals surface area contributed by atoms with Crippen LogP contribution in [-0.2, 0) is 28.9 Å². The lowest BCUT2D eigenvalue weighted by atomic mass is 9.87. The number of carbonyl (C=O) groups excluding carboxylic acids is 3. The van der Waals surface area contributed by atoms with Gasteiger partial charge < -0.3 is 10.2 Å². The molecule has 6 nitrogen and oxygen atoms in total. The van der Waals surface area contributed by atoms with Crippen LogP contribution in [0.25, 0.3) is 0 Å². The van der Waals surface area contributed by atoms with E-state index >= 15 is 0 Å². The van der Waals surface area contributed by atoms with Gasteiger partial charge in [0.1, 0.15) is 5.54 Å². The molecule has 1 atom stereocenters. The van der Waals surface area contributed by atoms with Gasteiger partial charge in [-0.15, -0.1) is 11.8 Å². The van der Waals surface area contributed by atoms with Gasteiger partial charge in [0.25, 0.3) is 5.91 Å². The predicted molar refractivity (Wildman–Crippen MR) is 109 cm³/mol. The second-order valence-corrected chi connectivity index (χ2v) is 9.42. The molecule has 2 heterocycles. The third kappa shape index (κ3) is 4.00. The van der Waals surface area contributed by atoms with E-state index in [1.54, 1.807) is 6.26 Å². The molecule has 11 heteroatoms. The monoisotopic (exact) mass is 475 g/mol. The molecule has 1 aliphatic carbocycles. The summed E-state index contributed by atoms with van der Waals surface area (Å²) in [7, 11) is 0. The van der Waals surface area contributed by atoms with Crippen molar-refractivity contribution in [2.45, 2.75) is 50.5 Å².